The summed E-state index contributed by atoms with van der Waals surface area (Å²) in [6.07, 6.45) is 3.68. The highest BCUT2D eigenvalue weighted by Gasteiger charge is 2.40. The van der Waals surface area contributed by atoms with E-state index in [1.165, 1.54) is 30.0 Å². The molecule has 0 radical (unpaired) electrons. The van der Waals surface area contributed by atoms with Gasteiger partial charge in [0.2, 0.25) is 0 Å². The SMILES string of the molecule is CC(OC(=O)c1ccc2c(c1)C(=O)N(C1CCCCC1)C2=O)C(N)=O. The molecule has 2 aliphatic rings. The summed E-state index contributed by atoms with van der Waals surface area (Å²) in [4.78, 5) is 49.7. The van der Waals surface area contributed by atoms with Gasteiger partial charge < -0.3 is 10.5 Å². The molecule has 132 valence electrons. The number of imide groups is 1. The van der Waals surface area contributed by atoms with Crippen LogP contribution in [-0.4, -0.2) is 40.7 Å². The average Bonchev–Trinajstić information content (AvgIpc) is 2.86. The van der Waals surface area contributed by atoms with E-state index in [4.69, 9.17) is 10.5 Å². The maximum atomic E-state index is 12.7. The van der Waals surface area contributed by atoms with Crippen molar-refractivity contribution in [2.75, 3.05) is 0 Å². The molecule has 1 fully saturated rings. The second-order valence-electron chi connectivity index (χ2n) is 6.48. The molecule has 0 bridgehead atoms. The van der Waals surface area contributed by atoms with Gasteiger partial charge in [0.05, 0.1) is 16.7 Å². The summed E-state index contributed by atoms with van der Waals surface area (Å²) in [5.41, 5.74) is 5.69. The van der Waals surface area contributed by atoms with E-state index < -0.39 is 18.0 Å². The molecule has 1 aliphatic heterocycles. The number of nitrogens with zero attached hydrogens (tertiary/aromatic N) is 1. The topological polar surface area (TPSA) is 107 Å². The molecule has 0 spiro atoms. The molecule has 0 aromatic heterocycles. The third-order valence-corrected chi connectivity index (χ3v) is 4.78. The van der Waals surface area contributed by atoms with Gasteiger partial charge in [0.15, 0.2) is 6.10 Å². The standard InChI is InChI=1S/C18H20N2O5/c1-10(15(19)21)25-18(24)11-7-8-13-14(9-11)17(23)20(16(13)22)12-5-3-2-4-6-12/h7-10,12H,2-6H2,1H3,(H2,19,21). The summed E-state index contributed by atoms with van der Waals surface area (Å²) in [6, 6.07) is 4.16. The lowest BCUT2D eigenvalue weighted by atomic mass is 9.94. The van der Waals surface area contributed by atoms with E-state index in [0.717, 1.165) is 32.1 Å². The lowest BCUT2D eigenvalue weighted by molar-refractivity contribution is -0.125. The highest BCUT2D eigenvalue weighted by Crippen LogP contribution is 2.31. The molecule has 1 atom stereocenters. The molecular formula is C18H20N2O5. The third kappa shape index (κ3) is 3.14. The zero-order chi connectivity index (χ0) is 18.1. The highest BCUT2D eigenvalue weighted by atomic mass is 16.5. The van der Waals surface area contributed by atoms with Crippen molar-refractivity contribution < 1.29 is 23.9 Å². The van der Waals surface area contributed by atoms with Gasteiger partial charge in [-0.2, -0.15) is 0 Å². The Balaban J connectivity index is 1.84. The van der Waals surface area contributed by atoms with Gasteiger partial charge in [-0.25, -0.2) is 4.79 Å². The molecule has 25 heavy (non-hydrogen) atoms. The Labute approximate surface area is 145 Å². The normalized spacial score (nSPS) is 18.8. The third-order valence-electron chi connectivity index (χ3n) is 4.78. The zero-order valence-corrected chi connectivity index (χ0v) is 14.0. The van der Waals surface area contributed by atoms with Gasteiger partial charge in [0, 0.05) is 6.04 Å². The van der Waals surface area contributed by atoms with Crippen LogP contribution in [0.15, 0.2) is 18.2 Å². The fourth-order valence-corrected chi connectivity index (χ4v) is 3.34. The van der Waals surface area contributed by atoms with Gasteiger partial charge in [-0.3, -0.25) is 19.3 Å². The zero-order valence-electron chi connectivity index (χ0n) is 14.0. The smallest absolute Gasteiger partial charge is 0.338 e. The van der Waals surface area contributed by atoms with E-state index >= 15 is 0 Å². The Kier molecular flexibility index (Phi) is 4.57. The minimum Gasteiger partial charge on any atom is -0.449 e. The van der Waals surface area contributed by atoms with E-state index in [-0.39, 0.29) is 29.0 Å². The van der Waals surface area contributed by atoms with Crippen LogP contribution in [0.3, 0.4) is 0 Å². The monoisotopic (exact) mass is 344 g/mol. The van der Waals surface area contributed by atoms with Crippen LogP contribution in [-0.2, 0) is 9.53 Å². The van der Waals surface area contributed by atoms with Crippen molar-refractivity contribution in [1.29, 1.82) is 0 Å². The Morgan fingerprint density at radius 3 is 2.40 bits per heavy atom. The molecule has 7 nitrogen and oxygen atoms in total. The number of amides is 3. The summed E-state index contributed by atoms with van der Waals surface area (Å²) >= 11 is 0. The first-order chi connectivity index (χ1) is 11.9. The Bertz CT molecular complexity index is 752. The maximum Gasteiger partial charge on any atom is 0.338 e. The van der Waals surface area contributed by atoms with Gasteiger partial charge in [-0.15, -0.1) is 0 Å². The number of ether oxygens (including phenoxy) is 1. The van der Waals surface area contributed by atoms with Crippen LogP contribution in [0.4, 0.5) is 0 Å². The first kappa shape index (κ1) is 17.1. The molecule has 1 unspecified atom stereocenters. The number of benzene rings is 1. The van der Waals surface area contributed by atoms with Crippen molar-refractivity contribution in [1.82, 2.24) is 4.90 Å². The molecule has 1 aliphatic carbocycles. The Morgan fingerprint density at radius 1 is 1.12 bits per heavy atom. The number of rotatable bonds is 4. The fourth-order valence-electron chi connectivity index (χ4n) is 3.34. The lowest BCUT2D eigenvalue weighted by Gasteiger charge is -2.29. The second-order valence-corrected chi connectivity index (χ2v) is 6.48. The van der Waals surface area contributed by atoms with Gasteiger partial charge in [-0.1, -0.05) is 19.3 Å². The van der Waals surface area contributed by atoms with Crippen LogP contribution in [0.5, 0.6) is 0 Å². The van der Waals surface area contributed by atoms with E-state index in [9.17, 15) is 19.2 Å². The molecular weight excluding hydrogens is 324 g/mol. The van der Waals surface area contributed by atoms with Crippen LogP contribution < -0.4 is 5.73 Å². The number of hydrogen-bond acceptors (Lipinski definition) is 5. The molecule has 7 heteroatoms. The molecule has 3 rings (SSSR count). The minimum absolute atomic E-state index is 0.0774. The van der Waals surface area contributed by atoms with Crippen LogP contribution in [0.1, 0.15) is 70.1 Å². The van der Waals surface area contributed by atoms with Crippen LogP contribution in [0.25, 0.3) is 0 Å². The number of fused-ring (bicyclic) bond motifs is 1. The van der Waals surface area contributed by atoms with Crippen molar-refractivity contribution in [2.45, 2.75) is 51.2 Å². The summed E-state index contributed by atoms with van der Waals surface area (Å²) in [5, 5.41) is 0. The molecule has 0 saturated heterocycles. The molecule has 1 aromatic rings. The van der Waals surface area contributed by atoms with Crippen LogP contribution in [0.2, 0.25) is 0 Å². The number of primary amides is 1. The van der Waals surface area contributed by atoms with Crippen molar-refractivity contribution in [3.05, 3.63) is 34.9 Å². The van der Waals surface area contributed by atoms with Gasteiger partial charge in [0.25, 0.3) is 17.7 Å². The Morgan fingerprint density at radius 2 is 1.76 bits per heavy atom. The highest BCUT2D eigenvalue weighted by molar-refractivity contribution is 6.22. The summed E-state index contributed by atoms with van der Waals surface area (Å²) in [6.45, 7) is 1.37. The number of carbonyl (C=O) groups is 4. The van der Waals surface area contributed by atoms with Crippen molar-refractivity contribution in [2.24, 2.45) is 5.73 Å². The first-order valence-corrected chi connectivity index (χ1v) is 8.42. The van der Waals surface area contributed by atoms with Gasteiger partial charge >= 0.3 is 5.97 Å². The average molecular weight is 344 g/mol. The number of hydrogen-bond donors (Lipinski definition) is 1. The van der Waals surface area contributed by atoms with Gasteiger partial charge in [-0.05, 0) is 38.0 Å². The molecule has 1 heterocycles. The van der Waals surface area contributed by atoms with E-state index in [1.54, 1.807) is 0 Å². The molecule has 1 aromatic carbocycles. The summed E-state index contributed by atoms with van der Waals surface area (Å²) < 4.78 is 4.94. The largest absolute Gasteiger partial charge is 0.449 e. The number of carbonyl (C=O) groups excluding carboxylic acids is 4. The maximum absolute atomic E-state index is 12.7. The van der Waals surface area contributed by atoms with Gasteiger partial charge in [0.1, 0.15) is 0 Å². The van der Waals surface area contributed by atoms with Crippen molar-refractivity contribution in [3.63, 3.8) is 0 Å². The van der Waals surface area contributed by atoms with Crippen molar-refractivity contribution >= 4 is 23.7 Å². The first-order valence-electron chi connectivity index (χ1n) is 8.42. The lowest BCUT2D eigenvalue weighted by Crippen LogP contribution is -2.40. The van der Waals surface area contributed by atoms with Crippen LogP contribution >= 0.6 is 0 Å². The predicted molar refractivity (Wildman–Crippen MR) is 87.9 cm³/mol. The Hall–Kier alpha value is -2.70. The van der Waals surface area contributed by atoms with Crippen molar-refractivity contribution in [3.8, 4) is 0 Å². The molecule has 2 N–H and O–H groups in total. The number of nitrogens with two attached hydrogens (primary N) is 1. The van der Waals surface area contributed by atoms with E-state index in [1.807, 2.05) is 0 Å². The molecule has 1 saturated carbocycles. The quantitative estimate of drug-likeness (QED) is 0.660. The molecule has 3 amide bonds. The van der Waals surface area contributed by atoms with E-state index in [2.05, 4.69) is 0 Å². The minimum atomic E-state index is -1.07. The number of esters is 1. The predicted octanol–water partition coefficient (Wildman–Crippen LogP) is 1.65. The van der Waals surface area contributed by atoms with E-state index in [0.29, 0.717) is 5.56 Å². The summed E-state index contributed by atoms with van der Waals surface area (Å²) in [7, 11) is 0. The second kappa shape index (κ2) is 6.66. The van der Waals surface area contributed by atoms with Crippen LogP contribution in [0, 0.1) is 0 Å². The summed E-state index contributed by atoms with van der Waals surface area (Å²) in [5.74, 6) is -2.20. The fraction of sp³-hybridized carbons (Fsp3) is 0.444.